The Labute approximate surface area is 130 Å². The topological polar surface area (TPSA) is 72.6 Å². The van der Waals surface area contributed by atoms with Crippen LogP contribution in [0.15, 0.2) is 46.9 Å². The van der Waals surface area contributed by atoms with Gasteiger partial charge in [-0.05, 0) is 42.8 Å². The first-order valence-electron chi connectivity index (χ1n) is 6.31. The second kappa shape index (κ2) is 6.69. The van der Waals surface area contributed by atoms with Crippen molar-refractivity contribution in [3.63, 3.8) is 0 Å². The summed E-state index contributed by atoms with van der Waals surface area (Å²) in [7, 11) is 0. The molecule has 2 rings (SSSR count). The Hall–Kier alpha value is -1.92. The van der Waals surface area contributed by atoms with Crippen LogP contribution in [0.1, 0.15) is 24.2 Å². The fraction of sp³-hybridized carbons (Fsp3) is 0.200. The summed E-state index contributed by atoms with van der Waals surface area (Å²) in [6.07, 6.45) is -0.644. The van der Waals surface area contributed by atoms with Crippen LogP contribution in [-0.4, -0.2) is 10.0 Å². The summed E-state index contributed by atoms with van der Waals surface area (Å²) in [5.74, 6) is 0.589. The number of ether oxygens (including phenoxy) is 1. The summed E-state index contributed by atoms with van der Waals surface area (Å²) in [6, 6.07) is 11.6. The van der Waals surface area contributed by atoms with E-state index in [0.717, 1.165) is 10.0 Å². The molecule has 110 valence electrons. The SMILES string of the molecule is CC(O)c1cc(Br)ccc1OCc1ccc([N+](=O)[O-])cc1. The normalized spacial score (nSPS) is 12.0. The van der Waals surface area contributed by atoms with Crippen molar-refractivity contribution in [2.45, 2.75) is 19.6 Å². The fourth-order valence-corrected chi connectivity index (χ4v) is 2.23. The highest BCUT2D eigenvalue weighted by Crippen LogP contribution is 2.29. The summed E-state index contributed by atoms with van der Waals surface area (Å²) < 4.78 is 6.55. The maximum atomic E-state index is 10.6. The molecule has 0 amide bonds. The number of nitrogens with zero attached hydrogens (tertiary/aromatic N) is 1. The van der Waals surface area contributed by atoms with E-state index in [9.17, 15) is 15.2 Å². The van der Waals surface area contributed by atoms with Gasteiger partial charge in [0.2, 0.25) is 0 Å². The molecule has 0 aromatic heterocycles. The summed E-state index contributed by atoms with van der Waals surface area (Å²) >= 11 is 3.35. The molecule has 0 radical (unpaired) electrons. The van der Waals surface area contributed by atoms with Gasteiger partial charge in [-0.1, -0.05) is 15.9 Å². The van der Waals surface area contributed by atoms with Crippen LogP contribution in [0.3, 0.4) is 0 Å². The van der Waals surface area contributed by atoms with Crippen molar-refractivity contribution in [2.24, 2.45) is 0 Å². The predicted molar refractivity (Wildman–Crippen MR) is 82.2 cm³/mol. The monoisotopic (exact) mass is 351 g/mol. The van der Waals surface area contributed by atoms with Gasteiger partial charge < -0.3 is 9.84 Å². The van der Waals surface area contributed by atoms with Crippen LogP contribution in [0.2, 0.25) is 0 Å². The number of hydrogen-bond donors (Lipinski definition) is 1. The van der Waals surface area contributed by atoms with Gasteiger partial charge in [-0.25, -0.2) is 0 Å². The lowest BCUT2D eigenvalue weighted by Gasteiger charge is -2.14. The van der Waals surface area contributed by atoms with Crippen molar-refractivity contribution in [1.29, 1.82) is 0 Å². The minimum absolute atomic E-state index is 0.0482. The van der Waals surface area contributed by atoms with Crippen molar-refractivity contribution in [1.82, 2.24) is 0 Å². The lowest BCUT2D eigenvalue weighted by atomic mass is 10.1. The highest BCUT2D eigenvalue weighted by molar-refractivity contribution is 9.10. The number of aliphatic hydroxyl groups is 1. The number of rotatable bonds is 5. The summed E-state index contributed by atoms with van der Waals surface area (Å²) in [5, 5.41) is 20.3. The molecule has 2 aromatic carbocycles. The number of hydrogen-bond acceptors (Lipinski definition) is 4. The third-order valence-electron chi connectivity index (χ3n) is 2.96. The van der Waals surface area contributed by atoms with Gasteiger partial charge in [0.1, 0.15) is 12.4 Å². The maximum Gasteiger partial charge on any atom is 0.269 e. The Bertz CT molecular complexity index is 641. The molecule has 0 aliphatic carbocycles. The summed E-state index contributed by atoms with van der Waals surface area (Å²) in [5.41, 5.74) is 1.55. The standard InChI is InChI=1S/C15H14BrNO4/c1-10(18)14-8-12(16)4-7-15(14)21-9-11-2-5-13(6-3-11)17(19)20/h2-8,10,18H,9H2,1H3. The second-order valence-corrected chi connectivity index (χ2v) is 5.49. The van der Waals surface area contributed by atoms with Crippen LogP contribution < -0.4 is 4.74 Å². The van der Waals surface area contributed by atoms with Gasteiger partial charge in [-0.15, -0.1) is 0 Å². The summed E-state index contributed by atoms with van der Waals surface area (Å²) in [4.78, 5) is 10.1. The molecule has 6 heteroatoms. The number of nitro benzene ring substituents is 1. The van der Waals surface area contributed by atoms with E-state index in [-0.39, 0.29) is 12.3 Å². The van der Waals surface area contributed by atoms with Crippen molar-refractivity contribution >= 4 is 21.6 Å². The van der Waals surface area contributed by atoms with Crippen molar-refractivity contribution in [2.75, 3.05) is 0 Å². The van der Waals surface area contributed by atoms with Crippen LogP contribution in [0.25, 0.3) is 0 Å². The Morgan fingerprint density at radius 3 is 2.52 bits per heavy atom. The van der Waals surface area contributed by atoms with E-state index in [0.29, 0.717) is 11.3 Å². The average Bonchev–Trinajstić information content (AvgIpc) is 2.46. The molecule has 0 heterocycles. The van der Waals surface area contributed by atoms with Gasteiger partial charge in [0.05, 0.1) is 11.0 Å². The van der Waals surface area contributed by atoms with Gasteiger partial charge in [0, 0.05) is 22.2 Å². The zero-order valence-electron chi connectivity index (χ0n) is 11.3. The maximum absolute atomic E-state index is 10.6. The van der Waals surface area contributed by atoms with E-state index in [1.807, 2.05) is 6.07 Å². The van der Waals surface area contributed by atoms with Gasteiger partial charge >= 0.3 is 0 Å². The van der Waals surface area contributed by atoms with E-state index in [1.54, 1.807) is 31.2 Å². The third-order valence-corrected chi connectivity index (χ3v) is 3.46. The molecule has 5 nitrogen and oxygen atoms in total. The molecule has 0 fully saturated rings. The van der Waals surface area contributed by atoms with Gasteiger partial charge in [-0.3, -0.25) is 10.1 Å². The first-order valence-corrected chi connectivity index (χ1v) is 7.10. The van der Waals surface area contributed by atoms with E-state index >= 15 is 0 Å². The molecule has 0 aliphatic rings. The van der Waals surface area contributed by atoms with Crippen LogP contribution in [0.5, 0.6) is 5.75 Å². The van der Waals surface area contributed by atoms with Gasteiger partial charge in [0.25, 0.3) is 5.69 Å². The molecule has 0 saturated carbocycles. The van der Waals surface area contributed by atoms with Crippen molar-refractivity contribution in [3.8, 4) is 5.75 Å². The molecule has 21 heavy (non-hydrogen) atoms. The van der Waals surface area contributed by atoms with Crippen LogP contribution in [0.4, 0.5) is 5.69 Å². The molecule has 1 unspecified atom stereocenters. The highest BCUT2D eigenvalue weighted by atomic mass is 79.9. The average molecular weight is 352 g/mol. The van der Waals surface area contributed by atoms with Crippen molar-refractivity contribution in [3.05, 3.63) is 68.2 Å². The van der Waals surface area contributed by atoms with E-state index in [4.69, 9.17) is 4.74 Å². The minimum atomic E-state index is -0.644. The number of aliphatic hydroxyl groups excluding tert-OH is 1. The molecular weight excluding hydrogens is 338 g/mol. The largest absolute Gasteiger partial charge is 0.489 e. The third kappa shape index (κ3) is 4.03. The molecule has 0 bridgehead atoms. The first-order chi connectivity index (χ1) is 9.97. The number of nitro groups is 1. The zero-order chi connectivity index (χ0) is 15.4. The predicted octanol–water partition coefficient (Wildman–Crippen LogP) is 3.99. The van der Waals surface area contributed by atoms with E-state index in [2.05, 4.69) is 15.9 Å². The second-order valence-electron chi connectivity index (χ2n) is 4.57. The van der Waals surface area contributed by atoms with E-state index in [1.165, 1.54) is 12.1 Å². The van der Waals surface area contributed by atoms with Crippen molar-refractivity contribution < 1.29 is 14.8 Å². The Kier molecular flexibility index (Phi) is 4.93. The lowest BCUT2D eigenvalue weighted by Crippen LogP contribution is -2.01. The number of non-ortho nitro benzene ring substituents is 1. The minimum Gasteiger partial charge on any atom is -0.489 e. The van der Waals surface area contributed by atoms with E-state index < -0.39 is 11.0 Å². The zero-order valence-corrected chi connectivity index (χ0v) is 12.9. The molecule has 0 spiro atoms. The van der Waals surface area contributed by atoms with Gasteiger partial charge in [-0.2, -0.15) is 0 Å². The molecule has 1 N–H and O–H groups in total. The van der Waals surface area contributed by atoms with Crippen LogP contribution >= 0.6 is 15.9 Å². The van der Waals surface area contributed by atoms with Gasteiger partial charge in [0.15, 0.2) is 0 Å². The quantitative estimate of drug-likeness (QED) is 0.652. The first kappa shape index (κ1) is 15.5. The molecule has 0 aliphatic heterocycles. The number of halogens is 1. The van der Waals surface area contributed by atoms with Crippen LogP contribution in [-0.2, 0) is 6.61 Å². The van der Waals surface area contributed by atoms with Crippen LogP contribution in [0, 0.1) is 10.1 Å². The fourth-order valence-electron chi connectivity index (χ4n) is 1.85. The Balaban J connectivity index is 2.11. The molecular formula is C15H14BrNO4. The smallest absolute Gasteiger partial charge is 0.269 e. The highest BCUT2D eigenvalue weighted by Gasteiger charge is 2.10. The molecule has 0 saturated heterocycles. The Morgan fingerprint density at radius 1 is 1.29 bits per heavy atom. The lowest BCUT2D eigenvalue weighted by molar-refractivity contribution is -0.384. The Morgan fingerprint density at radius 2 is 1.95 bits per heavy atom. The number of benzene rings is 2. The molecule has 2 aromatic rings. The summed E-state index contributed by atoms with van der Waals surface area (Å²) in [6.45, 7) is 1.94. The molecule has 1 atom stereocenters.